The maximum absolute atomic E-state index is 5.93. The molecular weight excluding hydrogens is 448 g/mol. The average molecular weight is 481 g/mol. The molecule has 1 saturated heterocycles. The molecule has 0 saturated carbocycles. The van der Waals surface area contributed by atoms with Crippen LogP contribution in [0.15, 0.2) is 72.9 Å². The lowest BCUT2D eigenvalue weighted by atomic mass is 9.96. The van der Waals surface area contributed by atoms with Crippen LogP contribution in [0.3, 0.4) is 0 Å². The van der Waals surface area contributed by atoms with Crippen molar-refractivity contribution in [3.8, 4) is 5.69 Å². The van der Waals surface area contributed by atoms with Gasteiger partial charge in [0.05, 0.1) is 17.8 Å². The summed E-state index contributed by atoms with van der Waals surface area (Å²) in [5.41, 5.74) is 10.8. The Morgan fingerprint density at radius 2 is 1.71 bits per heavy atom. The summed E-state index contributed by atoms with van der Waals surface area (Å²) in [5, 5.41) is 4.33. The van der Waals surface area contributed by atoms with E-state index < -0.39 is 0 Å². The molecule has 0 radical (unpaired) electrons. The fourth-order valence-electron chi connectivity index (χ4n) is 5.26. The molecular formula is C30H32N4S. The molecule has 3 heterocycles. The van der Waals surface area contributed by atoms with E-state index in [1.165, 1.54) is 39.3 Å². The fraction of sp³-hybridized carbons (Fsp3) is 0.267. The Morgan fingerprint density at radius 3 is 2.40 bits per heavy atom. The van der Waals surface area contributed by atoms with E-state index in [0.29, 0.717) is 0 Å². The third kappa shape index (κ3) is 4.14. The molecule has 0 unspecified atom stereocenters. The van der Waals surface area contributed by atoms with Gasteiger partial charge in [-0.2, -0.15) is 0 Å². The van der Waals surface area contributed by atoms with Gasteiger partial charge < -0.3 is 14.8 Å². The Labute approximate surface area is 213 Å². The van der Waals surface area contributed by atoms with Crippen molar-refractivity contribution in [2.75, 3.05) is 4.90 Å². The quantitative estimate of drug-likeness (QED) is 0.317. The Morgan fingerprint density at radius 1 is 0.943 bits per heavy atom. The highest BCUT2D eigenvalue weighted by atomic mass is 32.1. The first-order chi connectivity index (χ1) is 16.9. The predicted molar refractivity (Wildman–Crippen MR) is 148 cm³/mol. The average Bonchev–Trinajstić information content (AvgIpc) is 3.36. The molecule has 5 heteroatoms. The largest absolute Gasteiger partial charge is 0.351 e. The number of aromatic nitrogens is 2. The zero-order chi connectivity index (χ0) is 24.7. The predicted octanol–water partition coefficient (Wildman–Crippen LogP) is 6.85. The second-order valence-electron chi connectivity index (χ2n) is 9.47. The number of thiocarbonyl (C=S) groups is 1. The maximum Gasteiger partial charge on any atom is 0.174 e. The second kappa shape index (κ2) is 9.31. The zero-order valence-electron chi connectivity index (χ0n) is 21.0. The van der Waals surface area contributed by atoms with Gasteiger partial charge in [0.15, 0.2) is 5.11 Å². The number of pyridine rings is 1. The van der Waals surface area contributed by atoms with Crippen LogP contribution in [-0.4, -0.2) is 14.7 Å². The number of benzene rings is 2. The topological polar surface area (TPSA) is 33.1 Å². The van der Waals surface area contributed by atoms with Crippen LogP contribution in [0.1, 0.15) is 58.3 Å². The molecule has 5 rings (SSSR count). The Bertz CT molecular complexity index is 1370. The number of hydrogen-bond donors (Lipinski definition) is 1. The van der Waals surface area contributed by atoms with Crippen molar-refractivity contribution in [3.63, 3.8) is 0 Å². The van der Waals surface area contributed by atoms with Crippen molar-refractivity contribution in [2.45, 2.75) is 53.1 Å². The van der Waals surface area contributed by atoms with Crippen LogP contribution in [0.25, 0.3) is 5.69 Å². The number of nitrogens with one attached hydrogen (secondary N) is 1. The highest BCUT2D eigenvalue weighted by molar-refractivity contribution is 7.80. The number of aryl methyl sites for hydroxylation is 4. The van der Waals surface area contributed by atoms with Crippen LogP contribution in [0, 0.1) is 27.7 Å². The smallest absolute Gasteiger partial charge is 0.174 e. The minimum absolute atomic E-state index is 0.0186. The van der Waals surface area contributed by atoms with E-state index in [4.69, 9.17) is 17.2 Å². The summed E-state index contributed by atoms with van der Waals surface area (Å²) in [7, 11) is 0. The third-order valence-corrected chi connectivity index (χ3v) is 7.43. The van der Waals surface area contributed by atoms with Gasteiger partial charge in [-0.3, -0.25) is 4.98 Å². The van der Waals surface area contributed by atoms with Crippen molar-refractivity contribution in [3.05, 3.63) is 112 Å². The van der Waals surface area contributed by atoms with Gasteiger partial charge in [0.1, 0.15) is 0 Å². The molecule has 0 aliphatic carbocycles. The van der Waals surface area contributed by atoms with Crippen LogP contribution in [0.5, 0.6) is 0 Å². The highest BCUT2D eigenvalue weighted by Gasteiger charge is 2.42. The summed E-state index contributed by atoms with van der Waals surface area (Å²) < 4.78 is 2.38. The lowest BCUT2D eigenvalue weighted by molar-refractivity contribution is 0.565. The Balaban J connectivity index is 1.68. The van der Waals surface area contributed by atoms with Crippen LogP contribution in [0.2, 0.25) is 0 Å². The van der Waals surface area contributed by atoms with Crippen LogP contribution in [0.4, 0.5) is 5.69 Å². The molecule has 4 nitrogen and oxygen atoms in total. The maximum atomic E-state index is 5.93. The summed E-state index contributed by atoms with van der Waals surface area (Å²) in [4.78, 5) is 6.98. The van der Waals surface area contributed by atoms with Crippen molar-refractivity contribution >= 4 is 23.0 Å². The van der Waals surface area contributed by atoms with Crippen LogP contribution in [-0.2, 0) is 6.42 Å². The first-order valence-electron chi connectivity index (χ1n) is 12.2. The zero-order valence-corrected chi connectivity index (χ0v) is 21.9. The lowest BCUT2D eigenvalue weighted by Gasteiger charge is -2.28. The van der Waals surface area contributed by atoms with E-state index in [9.17, 15) is 0 Å². The van der Waals surface area contributed by atoms with E-state index in [1.807, 2.05) is 18.3 Å². The normalized spacial score (nSPS) is 17.6. The molecule has 35 heavy (non-hydrogen) atoms. The van der Waals surface area contributed by atoms with Crippen LogP contribution < -0.4 is 10.2 Å². The van der Waals surface area contributed by atoms with Gasteiger partial charge in [0.2, 0.25) is 0 Å². The van der Waals surface area contributed by atoms with Crippen molar-refractivity contribution in [2.24, 2.45) is 0 Å². The summed E-state index contributed by atoms with van der Waals surface area (Å²) in [6.07, 6.45) is 2.87. The first kappa shape index (κ1) is 23.3. The molecule has 178 valence electrons. The van der Waals surface area contributed by atoms with Gasteiger partial charge in [-0.15, -0.1) is 0 Å². The number of hydrogen-bond acceptors (Lipinski definition) is 2. The fourth-order valence-corrected chi connectivity index (χ4v) is 5.61. The van der Waals surface area contributed by atoms with E-state index in [2.05, 4.69) is 104 Å². The van der Waals surface area contributed by atoms with Gasteiger partial charge in [-0.05, 0) is 105 Å². The Hall–Kier alpha value is -3.44. The van der Waals surface area contributed by atoms with E-state index in [0.717, 1.165) is 22.9 Å². The van der Waals surface area contributed by atoms with E-state index in [1.54, 1.807) is 0 Å². The van der Waals surface area contributed by atoms with E-state index >= 15 is 0 Å². The molecule has 1 N–H and O–H groups in total. The molecule has 1 fully saturated rings. The molecule has 1 aliphatic heterocycles. The summed E-state index contributed by atoms with van der Waals surface area (Å²) in [6.45, 7) is 10.9. The third-order valence-electron chi connectivity index (χ3n) is 7.12. The van der Waals surface area contributed by atoms with Gasteiger partial charge in [-0.1, -0.05) is 37.3 Å². The highest BCUT2D eigenvalue weighted by Crippen LogP contribution is 2.44. The Kier molecular flexibility index (Phi) is 6.20. The first-order valence-corrected chi connectivity index (χ1v) is 12.7. The summed E-state index contributed by atoms with van der Waals surface area (Å²) in [5.74, 6) is 0. The molecule has 2 atom stereocenters. The molecule has 0 amide bonds. The molecule has 2 aromatic carbocycles. The molecule has 0 bridgehead atoms. The molecule has 2 aromatic heterocycles. The van der Waals surface area contributed by atoms with Crippen molar-refractivity contribution < 1.29 is 0 Å². The summed E-state index contributed by atoms with van der Waals surface area (Å²) in [6, 6.07) is 23.7. The van der Waals surface area contributed by atoms with Gasteiger partial charge in [0.25, 0.3) is 0 Å². The minimum Gasteiger partial charge on any atom is -0.351 e. The minimum atomic E-state index is -0.0536. The SMILES string of the molecule is CCc1ccc(N2C(=S)N[C@H](c3ccccn3)[C@@H]2c2cc(C)n(-c3cc(C)ccc3C)c2C)cc1. The van der Waals surface area contributed by atoms with Crippen molar-refractivity contribution in [1.29, 1.82) is 0 Å². The lowest BCUT2D eigenvalue weighted by Crippen LogP contribution is -2.29. The molecule has 1 aliphatic rings. The standard InChI is InChI=1S/C30H32N4S/c1-6-23-12-14-24(15-13-23)34-29(28(32-30(34)35)26-9-7-8-16-31-26)25-18-21(4)33(22(25)5)27-17-19(2)10-11-20(27)3/h7-18,28-29H,6H2,1-5H3,(H,32,35)/t28-,29+/m1/s1. The number of nitrogens with zero attached hydrogens (tertiary/aromatic N) is 3. The van der Waals surface area contributed by atoms with Gasteiger partial charge in [-0.25, -0.2) is 0 Å². The summed E-state index contributed by atoms with van der Waals surface area (Å²) >= 11 is 5.93. The van der Waals surface area contributed by atoms with E-state index in [-0.39, 0.29) is 12.1 Å². The van der Waals surface area contributed by atoms with Gasteiger partial charge >= 0.3 is 0 Å². The monoisotopic (exact) mass is 480 g/mol. The number of rotatable bonds is 5. The number of anilines is 1. The van der Waals surface area contributed by atoms with Crippen molar-refractivity contribution in [1.82, 2.24) is 14.9 Å². The molecule has 4 aromatic rings. The van der Waals surface area contributed by atoms with Crippen LogP contribution >= 0.6 is 12.2 Å². The second-order valence-corrected chi connectivity index (χ2v) is 9.86. The molecule has 0 spiro atoms. The van der Waals surface area contributed by atoms with Gasteiger partial charge in [0, 0.05) is 29.0 Å².